The molecule has 38 heavy (non-hydrogen) atoms. The third kappa shape index (κ3) is 2.79. The van der Waals surface area contributed by atoms with Crippen LogP contribution in [-0.4, -0.2) is 14.5 Å². The minimum atomic E-state index is -0.145. The fraction of sp³-hybridized carbons (Fsp3) is 0.0857. The van der Waals surface area contributed by atoms with Gasteiger partial charge >= 0.3 is 0 Å². The lowest BCUT2D eigenvalue weighted by molar-refractivity contribution is 0.662. The molecule has 0 spiro atoms. The molecular formula is C35H25N3. The zero-order valence-electron chi connectivity index (χ0n) is 21.3. The average molecular weight is 488 g/mol. The fourth-order valence-electron chi connectivity index (χ4n) is 6.52. The van der Waals surface area contributed by atoms with Gasteiger partial charge < -0.3 is 0 Å². The van der Waals surface area contributed by atoms with Crippen molar-refractivity contribution in [2.45, 2.75) is 19.3 Å². The molecule has 7 aromatic rings. The van der Waals surface area contributed by atoms with Gasteiger partial charge in [0.25, 0.3) is 0 Å². The van der Waals surface area contributed by atoms with Gasteiger partial charge in [-0.1, -0.05) is 86.6 Å². The number of nitrogens with zero attached hydrogens (tertiary/aromatic N) is 3. The largest absolute Gasteiger partial charge is 0.294 e. The van der Waals surface area contributed by atoms with E-state index in [0.29, 0.717) is 0 Å². The van der Waals surface area contributed by atoms with Crippen LogP contribution in [0.2, 0.25) is 0 Å². The average Bonchev–Trinajstić information content (AvgIpc) is 3.41. The smallest absolute Gasteiger partial charge is 0.145 e. The van der Waals surface area contributed by atoms with E-state index in [-0.39, 0.29) is 5.41 Å². The highest BCUT2D eigenvalue weighted by atomic mass is 15.0. The molecule has 1 aliphatic rings. The van der Waals surface area contributed by atoms with Crippen LogP contribution in [0.3, 0.4) is 0 Å². The highest BCUT2D eigenvalue weighted by molar-refractivity contribution is 6.08. The molecule has 0 N–H and O–H groups in total. The molecule has 0 amide bonds. The van der Waals surface area contributed by atoms with E-state index in [9.17, 15) is 0 Å². The summed E-state index contributed by atoms with van der Waals surface area (Å²) in [6, 6.07) is 39.0. The Hall–Kier alpha value is -4.76. The number of rotatable bonds is 2. The van der Waals surface area contributed by atoms with E-state index in [1.54, 1.807) is 0 Å². The first-order valence-electron chi connectivity index (χ1n) is 13.1. The van der Waals surface area contributed by atoms with E-state index >= 15 is 0 Å². The lowest BCUT2D eigenvalue weighted by Gasteiger charge is -2.25. The molecule has 0 saturated carbocycles. The number of fused-ring (bicyclic) bond motifs is 7. The molecule has 0 fully saturated rings. The molecule has 0 radical (unpaired) electrons. The van der Waals surface area contributed by atoms with Crippen LogP contribution in [0.5, 0.6) is 0 Å². The predicted octanol–water partition coefficient (Wildman–Crippen LogP) is 8.70. The molecular weight excluding hydrogens is 462 g/mol. The Kier molecular flexibility index (Phi) is 4.28. The van der Waals surface area contributed by atoms with Crippen molar-refractivity contribution in [3.63, 3.8) is 0 Å². The van der Waals surface area contributed by atoms with Crippen molar-refractivity contribution in [2.75, 3.05) is 0 Å². The Morgan fingerprint density at radius 1 is 0.658 bits per heavy atom. The maximum atomic E-state index is 5.19. The summed E-state index contributed by atoms with van der Waals surface area (Å²) in [5.41, 5.74) is 11.6. The van der Waals surface area contributed by atoms with Crippen molar-refractivity contribution in [3.8, 4) is 28.1 Å². The van der Waals surface area contributed by atoms with Crippen LogP contribution in [-0.2, 0) is 5.41 Å². The maximum Gasteiger partial charge on any atom is 0.145 e. The summed E-state index contributed by atoms with van der Waals surface area (Å²) in [6.07, 6.45) is 1.87. The summed E-state index contributed by atoms with van der Waals surface area (Å²) in [5.74, 6) is 0. The molecule has 0 unspecified atom stereocenters. The SMILES string of the molecule is CC1(C)c2ccccc2-c2nc3ccccc3c(-c3ccc(-n4c5ccccc5c5cccnc54)cc3)c21. The second kappa shape index (κ2) is 7.62. The Morgan fingerprint density at radius 2 is 1.37 bits per heavy atom. The van der Waals surface area contributed by atoms with Gasteiger partial charge in [0.1, 0.15) is 5.65 Å². The highest BCUT2D eigenvalue weighted by Gasteiger charge is 2.39. The van der Waals surface area contributed by atoms with E-state index < -0.39 is 0 Å². The number of pyridine rings is 2. The first-order valence-corrected chi connectivity index (χ1v) is 13.1. The maximum absolute atomic E-state index is 5.19. The van der Waals surface area contributed by atoms with Gasteiger partial charge in [0, 0.05) is 39.0 Å². The van der Waals surface area contributed by atoms with Crippen LogP contribution in [0.15, 0.2) is 115 Å². The summed E-state index contributed by atoms with van der Waals surface area (Å²) >= 11 is 0. The topological polar surface area (TPSA) is 30.7 Å². The summed E-state index contributed by atoms with van der Waals surface area (Å²) < 4.78 is 2.27. The van der Waals surface area contributed by atoms with Crippen LogP contribution in [0.25, 0.3) is 60.9 Å². The van der Waals surface area contributed by atoms with Crippen molar-refractivity contribution in [3.05, 3.63) is 127 Å². The molecule has 3 nitrogen and oxygen atoms in total. The number of hydrogen-bond donors (Lipinski definition) is 0. The van der Waals surface area contributed by atoms with Crippen molar-refractivity contribution in [2.24, 2.45) is 0 Å². The van der Waals surface area contributed by atoms with Crippen LogP contribution in [0.4, 0.5) is 0 Å². The number of hydrogen-bond acceptors (Lipinski definition) is 2. The Morgan fingerprint density at radius 3 is 2.24 bits per heavy atom. The molecule has 3 heteroatoms. The third-order valence-electron chi connectivity index (χ3n) is 8.22. The molecule has 4 aromatic carbocycles. The molecule has 0 aliphatic heterocycles. The lowest BCUT2D eigenvalue weighted by Crippen LogP contribution is -2.16. The fourth-order valence-corrected chi connectivity index (χ4v) is 6.52. The van der Waals surface area contributed by atoms with E-state index in [2.05, 4.69) is 122 Å². The van der Waals surface area contributed by atoms with E-state index in [4.69, 9.17) is 9.97 Å². The van der Waals surface area contributed by atoms with Crippen LogP contribution in [0, 0.1) is 0 Å². The first-order chi connectivity index (χ1) is 18.6. The summed E-state index contributed by atoms with van der Waals surface area (Å²) in [6.45, 7) is 4.66. The normalized spacial score (nSPS) is 13.7. The number of para-hydroxylation sites is 2. The first kappa shape index (κ1) is 21.3. The van der Waals surface area contributed by atoms with E-state index in [0.717, 1.165) is 22.5 Å². The van der Waals surface area contributed by atoms with Gasteiger partial charge in [0.2, 0.25) is 0 Å². The molecule has 0 atom stereocenters. The van der Waals surface area contributed by atoms with E-state index in [1.807, 2.05) is 12.3 Å². The van der Waals surface area contributed by atoms with Gasteiger partial charge in [-0.25, -0.2) is 9.97 Å². The number of aromatic nitrogens is 3. The second-order valence-electron chi connectivity index (χ2n) is 10.7. The third-order valence-corrected chi connectivity index (χ3v) is 8.22. The van der Waals surface area contributed by atoms with E-state index in [1.165, 1.54) is 49.5 Å². The van der Waals surface area contributed by atoms with Gasteiger partial charge in [-0.15, -0.1) is 0 Å². The minimum absolute atomic E-state index is 0.145. The van der Waals surface area contributed by atoms with Crippen molar-refractivity contribution in [1.29, 1.82) is 0 Å². The molecule has 1 aliphatic carbocycles. The summed E-state index contributed by atoms with van der Waals surface area (Å²) in [5, 5.41) is 3.58. The standard InChI is InChI=1S/C35H25N3/c1-35(2)28-14-6-3-11-26(28)33-32(35)31(27-12-4-7-15-29(27)37-33)22-17-19-23(20-18-22)38-30-16-8-5-10-24(30)25-13-9-21-36-34(25)38/h3-21H,1-2H3. The van der Waals surface area contributed by atoms with Gasteiger partial charge in [-0.3, -0.25) is 4.57 Å². The zero-order valence-corrected chi connectivity index (χ0v) is 21.3. The van der Waals surface area contributed by atoms with Crippen LogP contribution in [0.1, 0.15) is 25.0 Å². The monoisotopic (exact) mass is 487 g/mol. The van der Waals surface area contributed by atoms with Gasteiger partial charge in [0.15, 0.2) is 0 Å². The van der Waals surface area contributed by atoms with Crippen molar-refractivity contribution >= 4 is 32.8 Å². The van der Waals surface area contributed by atoms with Crippen molar-refractivity contribution < 1.29 is 0 Å². The Balaban J connectivity index is 1.38. The minimum Gasteiger partial charge on any atom is -0.294 e. The predicted molar refractivity (Wildman–Crippen MR) is 157 cm³/mol. The van der Waals surface area contributed by atoms with Crippen LogP contribution >= 0.6 is 0 Å². The highest BCUT2D eigenvalue weighted by Crippen LogP contribution is 2.53. The molecule has 8 rings (SSSR count). The van der Waals surface area contributed by atoms with Gasteiger partial charge in [-0.2, -0.15) is 0 Å². The second-order valence-corrected chi connectivity index (χ2v) is 10.7. The van der Waals surface area contributed by atoms with Crippen molar-refractivity contribution in [1.82, 2.24) is 14.5 Å². The van der Waals surface area contributed by atoms with Gasteiger partial charge in [0.05, 0.1) is 16.7 Å². The molecule has 0 bridgehead atoms. The Labute approximate surface area is 221 Å². The summed E-state index contributed by atoms with van der Waals surface area (Å²) in [4.78, 5) is 9.95. The zero-order chi connectivity index (χ0) is 25.4. The van der Waals surface area contributed by atoms with Gasteiger partial charge in [-0.05, 0) is 58.7 Å². The lowest BCUT2D eigenvalue weighted by atomic mass is 9.78. The molecule has 3 aromatic heterocycles. The molecule has 180 valence electrons. The number of benzene rings is 4. The molecule has 0 saturated heterocycles. The Bertz CT molecular complexity index is 1990. The summed E-state index contributed by atoms with van der Waals surface area (Å²) in [7, 11) is 0. The molecule has 3 heterocycles. The quantitative estimate of drug-likeness (QED) is 0.244. The van der Waals surface area contributed by atoms with Crippen LogP contribution < -0.4 is 0 Å².